The zero-order valence-electron chi connectivity index (χ0n) is 11.3. The highest BCUT2D eigenvalue weighted by Crippen LogP contribution is 2.45. The molecule has 0 atom stereocenters. The number of rotatable bonds is 1. The van der Waals surface area contributed by atoms with E-state index in [0.29, 0.717) is 35.1 Å². The fourth-order valence-corrected chi connectivity index (χ4v) is 2.38. The van der Waals surface area contributed by atoms with Crippen LogP contribution in [0.15, 0.2) is 12.1 Å². The Kier molecular flexibility index (Phi) is 2.73. The van der Waals surface area contributed by atoms with Gasteiger partial charge in [0.05, 0.1) is 12.8 Å². The van der Waals surface area contributed by atoms with Gasteiger partial charge in [-0.1, -0.05) is 0 Å². The van der Waals surface area contributed by atoms with Crippen LogP contribution in [0.3, 0.4) is 0 Å². The van der Waals surface area contributed by atoms with Gasteiger partial charge >= 0.3 is 0 Å². The minimum Gasteiger partial charge on any atom is -0.493 e. The van der Waals surface area contributed by atoms with Crippen LogP contribution in [-0.4, -0.2) is 12.1 Å². The number of nitrogens with two attached hydrogens (primary N) is 3. The second-order valence-electron chi connectivity index (χ2n) is 4.67. The topological polar surface area (TPSA) is 133 Å². The van der Waals surface area contributed by atoms with E-state index < -0.39 is 0 Å². The molecule has 0 bridgehead atoms. The molecule has 0 unspecified atom stereocenters. The number of hydrogen-bond donors (Lipinski definition) is 3. The Morgan fingerprint density at radius 3 is 2.76 bits per heavy atom. The molecule has 0 aliphatic carbocycles. The molecule has 1 aliphatic rings. The van der Waals surface area contributed by atoms with E-state index >= 15 is 0 Å². The first-order valence-corrected chi connectivity index (χ1v) is 6.17. The quantitative estimate of drug-likeness (QED) is 0.575. The molecular formula is C14H13N5O2. The number of anilines is 3. The van der Waals surface area contributed by atoms with Gasteiger partial charge in [-0.05, 0) is 6.07 Å². The molecule has 0 amide bonds. The van der Waals surface area contributed by atoms with Gasteiger partial charge in [0, 0.05) is 29.3 Å². The number of fused-ring (bicyclic) bond motifs is 2. The molecule has 1 aromatic heterocycles. The van der Waals surface area contributed by atoms with Crippen molar-refractivity contribution in [3.8, 4) is 23.4 Å². The van der Waals surface area contributed by atoms with E-state index in [9.17, 15) is 0 Å². The summed E-state index contributed by atoms with van der Waals surface area (Å²) >= 11 is 0. The molecule has 7 heteroatoms. The maximum Gasteiger partial charge on any atom is 0.227 e. The number of nitrogens with zero attached hydrogens (tertiary/aromatic N) is 2. The van der Waals surface area contributed by atoms with E-state index in [1.165, 1.54) is 7.11 Å². The number of nitriles is 1. The van der Waals surface area contributed by atoms with E-state index in [0.717, 1.165) is 5.56 Å². The third-order valence-corrected chi connectivity index (χ3v) is 3.38. The summed E-state index contributed by atoms with van der Waals surface area (Å²) in [5, 5.41) is 9.09. The van der Waals surface area contributed by atoms with Crippen molar-refractivity contribution < 1.29 is 9.47 Å². The first-order chi connectivity index (χ1) is 10.0. The van der Waals surface area contributed by atoms with Crippen LogP contribution in [0.5, 0.6) is 17.4 Å². The maximum atomic E-state index is 9.09. The summed E-state index contributed by atoms with van der Waals surface area (Å²) in [5.41, 5.74) is 20.0. The molecule has 0 fully saturated rings. The molecule has 2 heterocycles. The number of nitrogen functional groups attached to an aromatic ring is 3. The van der Waals surface area contributed by atoms with Gasteiger partial charge in [0.25, 0.3) is 0 Å². The van der Waals surface area contributed by atoms with Gasteiger partial charge in [0.2, 0.25) is 5.88 Å². The summed E-state index contributed by atoms with van der Waals surface area (Å²) < 4.78 is 11.0. The van der Waals surface area contributed by atoms with Crippen molar-refractivity contribution in [3.63, 3.8) is 0 Å². The average molecular weight is 283 g/mol. The molecule has 21 heavy (non-hydrogen) atoms. The largest absolute Gasteiger partial charge is 0.493 e. The van der Waals surface area contributed by atoms with Crippen molar-refractivity contribution in [2.45, 2.75) is 6.42 Å². The fraction of sp³-hybridized carbons (Fsp3) is 0.143. The Bertz CT molecular complexity index is 795. The average Bonchev–Trinajstić information content (AvgIpc) is 2.45. The summed E-state index contributed by atoms with van der Waals surface area (Å²) in [6.07, 6.45) is 0.444. The normalized spacial score (nSPS) is 11.8. The van der Waals surface area contributed by atoms with Gasteiger partial charge < -0.3 is 26.7 Å². The number of aromatic nitrogens is 1. The van der Waals surface area contributed by atoms with Gasteiger partial charge in [-0.15, -0.1) is 0 Å². The summed E-state index contributed by atoms with van der Waals surface area (Å²) in [6.45, 7) is 0. The monoisotopic (exact) mass is 283 g/mol. The Morgan fingerprint density at radius 2 is 2.10 bits per heavy atom. The number of methoxy groups -OCH3 is 1. The summed E-state index contributed by atoms with van der Waals surface area (Å²) in [6, 6.07) is 5.40. The van der Waals surface area contributed by atoms with Gasteiger partial charge in [0.1, 0.15) is 17.5 Å². The zero-order valence-corrected chi connectivity index (χ0v) is 11.3. The molecule has 2 aromatic rings. The lowest BCUT2D eigenvalue weighted by molar-refractivity contribution is 0.366. The second kappa shape index (κ2) is 4.45. The number of hydrogen-bond acceptors (Lipinski definition) is 7. The maximum absolute atomic E-state index is 9.09. The van der Waals surface area contributed by atoms with Crippen LogP contribution in [0.2, 0.25) is 0 Å². The van der Waals surface area contributed by atoms with Crippen LogP contribution in [0.4, 0.5) is 17.2 Å². The highest BCUT2D eigenvalue weighted by Gasteiger charge is 2.26. The van der Waals surface area contributed by atoms with Crippen LogP contribution < -0.4 is 26.7 Å². The highest BCUT2D eigenvalue weighted by molar-refractivity contribution is 5.73. The Balaban J connectivity index is 2.20. The summed E-state index contributed by atoms with van der Waals surface area (Å²) in [7, 11) is 1.53. The smallest absolute Gasteiger partial charge is 0.227 e. The molecule has 0 saturated carbocycles. The summed E-state index contributed by atoms with van der Waals surface area (Å²) in [5.74, 6) is 1.39. The van der Waals surface area contributed by atoms with Gasteiger partial charge in [-0.3, -0.25) is 0 Å². The minimum absolute atomic E-state index is 0.0478. The van der Waals surface area contributed by atoms with Crippen molar-refractivity contribution in [2.75, 3.05) is 24.3 Å². The third kappa shape index (κ3) is 1.85. The SMILES string of the molecule is COc1cc(N)cc2c1Oc1nc(N)c(C#N)c(N)c1C2. The first kappa shape index (κ1) is 12.9. The van der Waals surface area contributed by atoms with Crippen molar-refractivity contribution >= 4 is 17.2 Å². The van der Waals surface area contributed by atoms with Crippen molar-refractivity contribution in [2.24, 2.45) is 0 Å². The van der Waals surface area contributed by atoms with E-state index in [-0.39, 0.29) is 17.1 Å². The number of benzene rings is 1. The first-order valence-electron chi connectivity index (χ1n) is 6.17. The van der Waals surface area contributed by atoms with Crippen molar-refractivity contribution in [3.05, 3.63) is 28.8 Å². The van der Waals surface area contributed by atoms with Crippen LogP contribution >= 0.6 is 0 Å². The Morgan fingerprint density at radius 1 is 1.33 bits per heavy atom. The lowest BCUT2D eigenvalue weighted by Crippen LogP contribution is -2.12. The van der Waals surface area contributed by atoms with E-state index in [2.05, 4.69) is 4.98 Å². The molecular weight excluding hydrogens is 270 g/mol. The fourth-order valence-electron chi connectivity index (χ4n) is 2.38. The van der Waals surface area contributed by atoms with Crippen molar-refractivity contribution in [1.82, 2.24) is 4.98 Å². The molecule has 0 radical (unpaired) electrons. The second-order valence-corrected chi connectivity index (χ2v) is 4.67. The van der Waals surface area contributed by atoms with E-state index in [1.807, 2.05) is 6.07 Å². The lowest BCUT2D eigenvalue weighted by atomic mass is 9.98. The van der Waals surface area contributed by atoms with Gasteiger partial charge in [-0.25, -0.2) is 0 Å². The van der Waals surface area contributed by atoms with Crippen molar-refractivity contribution in [1.29, 1.82) is 5.26 Å². The molecule has 3 rings (SSSR count). The van der Waals surface area contributed by atoms with Crippen LogP contribution in [-0.2, 0) is 6.42 Å². The van der Waals surface area contributed by atoms with Crippen LogP contribution in [0.1, 0.15) is 16.7 Å². The van der Waals surface area contributed by atoms with Crippen LogP contribution in [0.25, 0.3) is 0 Å². The standard InChI is InChI=1S/C14H13N5O2/c1-20-10-4-7(16)2-6-3-8-11(17)9(5-15)13(18)19-14(8)21-12(6)10/h2,4H,3,16H2,1H3,(H4,17,18,19). The molecule has 0 spiro atoms. The van der Waals surface area contributed by atoms with Gasteiger partial charge in [0.15, 0.2) is 11.5 Å². The zero-order chi connectivity index (χ0) is 15.1. The Labute approximate surface area is 120 Å². The molecule has 1 aromatic carbocycles. The molecule has 0 saturated heterocycles. The Hall–Kier alpha value is -3.14. The minimum atomic E-state index is 0.0478. The molecule has 6 N–H and O–H groups in total. The third-order valence-electron chi connectivity index (χ3n) is 3.38. The molecule has 106 valence electrons. The summed E-state index contributed by atoms with van der Waals surface area (Å²) in [4.78, 5) is 4.11. The number of pyridine rings is 1. The van der Waals surface area contributed by atoms with Gasteiger partial charge in [-0.2, -0.15) is 10.2 Å². The predicted molar refractivity (Wildman–Crippen MR) is 78.1 cm³/mol. The van der Waals surface area contributed by atoms with E-state index in [4.69, 9.17) is 31.9 Å². The lowest BCUT2D eigenvalue weighted by Gasteiger charge is -2.23. The van der Waals surface area contributed by atoms with E-state index in [1.54, 1.807) is 12.1 Å². The molecule has 7 nitrogen and oxygen atoms in total. The van der Waals surface area contributed by atoms with Crippen LogP contribution in [0, 0.1) is 11.3 Å². The molecule has 1 aliphatic heterocycles. The number of ether oxygens (including phenoxy) is 2. The highest BCUT2D eigenvalue weighted by atomic mass is 16.5. The predicted octanol–water partition coefficient (Wildman–Crippen LogP) is 1.40.